The van der Waals surface area contributed by atoms with E-state index in [0.717, 1.165) is 77.4 Å². The number of nitrogens with zero attached hydrogens (tertiary/aromatic N) is 2. The van der Waals surface area contributed by atoms with Crippen LogP contribution in [0.1, 0.15) is 31.5 Å². The van der Waals surface area contributed by atoms with Gasteiger partial charge in [-0.15, -0.1) is 0 Å². The molecule has 2 aliphatic heterocycles. The quantitative estimate of drug-likeness (QED) is 0.324. The summed E-state index contributed by atoms with van der Waals surface area (Å²) >= 11 is 0. The maximum Gasteiger partial charge on any atom is 0.234 e. The maximum atomic E-state index is 13.5. The fourth-order valence-electron chi connectivity index (χ4n) is 5.45. The first-order valence-corrected chi connectivity index (χ1v) is 14.3. The lowest BCUT2D eigenvalue weighted by atomic mass is 9.83. The molecule has 4 N–H and O–H groups in total. The standard InChI is InChI=1S/C33H36N6O3/c1-21-16-24(10-11-34-21)36-25-18-29-27(31(40)19-25)20-35-30-17-22(4-9-28(30)38-29)33(2,3)32(41)37-23-5-7-26(8-6-23)39-12-14-42-15-13-39/h4-11,16-18,35,38H,12-15,19-20H2,1-3H3,(H,34,36)(H,37,41). The van der Waals surface area contributed by atoms with Crippen LogP contribution in [0.2, 0.25) is 0 Å². The summed E-state index contributed by atoms with van der Waals surface area (Å²) in [6.45, 7) is 9.37. The number of rotatable bonds is 6. The lowest BCUT2D eigenvalue weighted by molar-refractivity contribution is -0.120. The van der Waals surface area contributed by atoms with Crippen LogP contribution in [0.5, 0.6) is 0 Å². The van der Waals surface area contributed by atoms with E-state index in [4.69, 9.17) is 4.74 Å². The molecule has 0 saturated carbocycles. The van der Waals surface area contributed by atoms with E-state index in [2.05, 4.69) is 31.2 Å². The van der Waals surface area contributed by atoms with E-state index in [-0.39, 0.29) is 11.7 Å². The van der Waals surface area contributed by atoms with E-state index in [0.29, 0.717) is 18.5 Å². The minimum atomic E-state index is -0.797. The normalized spacial score (nSPS) is 16.8. The molecule has 9 nitrogen and oxygen atoms in total. The predicted molar refractivity (Wildman–Crippen MR) is 167 cm³/mol. The Morgan fingerprint density at radius 3 is 2.55 bits per heavy atom. The number of benzene rings is 2. The summed E-state index contributed by atoms with van der Waals surface area (Å²) < 4.78 is 5.44. The number of Topliss-reactive ketones (excluding diaryl/α,β-unsaturated/α-hetero) is 1. The van der Waals surface area contributed by atoms with Crippen LogP contribution in [0, 0.1) is 6.92 Å². The predicted octanol–water partition coefficient (Wildman–Crippen LogP) is 5.20. The summed E-state index contributed by atoms with van der Waals surface area (Å²) in [4.78, 5) is 33.1. The van der Waals surface area contributed by atoms with Crippen LogP contribution in [0.25, 0.3) is 0 Å². The van der Waals surface area contributed by atoms with Crippen molar-refractivity contribution in [3.63, 3.8) is 0 Å². The molecule has 42 heavy (non-hydrogen) atoms. The largest absolute Gasteiger partial charge is 0.379 e. The molecule has 0 atom stereocenters. The Balaban J connectivity index is 1.16. The second kappa shape index (κ2) is 11.3. The highest BCUT2D eigenvalue weighted by Crippen LogP contribution is 2.36. The maximum absolute atomic E-state index is 13.5. The molecular weight excluding hydrogens is 528 g/mol. The number of aromatic nitrogens is 1. The van der Waals surface area contributed by atoms with Gasteiger partial charge < -0.3 is 30.9 Å². The summed E-state index contributed by atoms with van der Waals surface area (Å²) in [5.74, 6) is -0.0334. The topological polar surface area (TPSA) is 108 Å². The molecule has 9 heteroatoms. The molecule has 0 unspecified atom stereocenters. The molecule has 3 heterocycles. The van der Waals surface area contributed by atoms with Crippen molar-refractivity contribution < 1.29 is 14.3 Å². The van der Waals surface area contributed by atoms with Gasteiger partial charge in [-0.2, -0.15) is 0 Å². The van der Waals surface area contributed by atoms with E-state index >= 15 is 0 Å². The van der Waals surface area contributed by atoms with Crippen molar-refractivity contribution in [1.29, 1.82) is 0 Å². The average molecular weight is 565 g/mol. The number of ketones is 1. The SMILES string of the molecule is Cc1cc(NC2=CC3=C(CNc4cc(C(C)(C)C(=O)Nc5ccc(N6CCOCC6)cc5)ccc4N3)C(=O)C2)ccn1. The minimum Gasteiger partial charge on any atom is -0.379 e. The number of nitrogens with one attached hydrogen (secondary N) is 4. The van der Waals surface area contributed by atoms with Gasteiger partial charge >= 0.3 is 0 Å². The summed E-state index contributed by atoms with van der Waals surface area (Å²) in [6, 6.07) is 17.7. The fraction of sp³-hybridized carbons (Fsp3) is 0.303. The van der Waals surface area contributed by atoms with Crippen LogP contribution in [-0.2, 0) is 19.7 Å². The first-order valence-electron chi connectivity index (χ1n) is 14.3. The van der Waals surface area contributed by atoms with Crippen LogP contribution in [0.3, 0.4) is 0 Å². The molecule has 3 aromatic rings. The molecule has 6 rings (SSSR count). The van der Waals surface area contributed by atoms with Gasteiger partial charge in [0.15, 0.2) is 5.78 Å². The molecule has 1 aliphatic carbocycles. The first-order chi connectivity index (χ1) is 20.3. The highest BCUT2D eigenvalue weighted by molar-refractivity contribution is 6.02. The van der Waals surface area contributed by atoms with Crippen LogP contribution in [-0.4, -0.2) is 49.5 Å². The summed E-state index contributed by atoms with van der Waals surface area (Å²) in [6.07, 6.45) is 4.05. The number of morpholine rings is 1. The molecule has 1 aromatic heterocycles. The summed E-state index contributed by atoms with van der Waals surface area (Å²) in [7, 11) is 0. The number of allylic oxidation sites excluding steroid dienone is 2. The molecule has 216 valence electrons. The van der Waals surface area contributed by atoms with Gasteiger partial charge in [0.1, 0.15) is 0 Å². The van der Waals surface area contributed by atoms with Gasteiger partial charge in [0, 0.05) is 65.6 Å². The highest BCUT2D eigenvalue weighted by atomic mass is 16.5. The zero-order valence-electron chi connectivity index (χ0n) is 24.2. The zero-order chi connectivity index (χ0) is 29.3. The number of pyridine rings is 1. The van der Waals surface area contributed by atoms with Crippen LogP contribution >= 0.6 is 0 Å². The third-order valence-corrected chi connectivity index (χ3v) is 8.07. The van der Waals surface area contributed by atoms with Gasteiger partial charge in [-0.05, 0) is 80.9 Å². The van der Waals surface area contributed by atoms with Crippen molar-refractivity contribution in [2.24, 2.45) is 0 Å². The highest BCUT2D eigenvalue weighted by Gasteiger charge is 2.32. The van der Waals surface area contributed by atoms with Gasteiger partial charge in [-0.3, -0.25) is 14.6 Å². The monoisotopic (exact) mass is 564 g/mol. The summed E-state index contributed by atoms with van der Waals surface area (Å²) in [5, 5.41) is 13.3. The van der Waals surface area contributed by atoms with Crippen LogP contribution in [0.15, 0.2) is 83.8 Å². The number of aryl methyl sites for hydroxylation is 1. The number of amides is 1. The molecule has 0 radical (unpaired) electrons. The lowest BCUT2D eigenvalue weighted by Gasteiger charge is -2.29. The van der Waals surface area contributed by atoms with Crippen molar-refractivity contribution in [3.8, 4) is 0 Å². The number of hydrogen-bond donors (Lipinski definition) is 4. The Bertz CT molecular complexity index is 1590. The zero-order valence-corrected chi connectivity index (χ0v) is 24.2. The third kappa shape index (κ3) is 5.73. The van der Waals surface area contributed by atoms with Crippen molar-refractivity contribution in [3.05, 3.63) is 95.1 Å². The minimum absolute atomic E-state index is 0.0631. The molecule has 1 amide bonds. The van der Waals surface area contributed by atoms with Crippen molar-refractivity contribution in [2.45, 2.75) is 32.6 Å². The fourth-order valence-corrected chi connectivity index (χ4v) is 5.45. The Hall–Kier alpha value is -4.63. The van der Waals surface area contributed by atoms with Gasteiger partial charge in [-0.25, -0.2) is 0 Å². The van der Waals surface area contributed by atoms with Gasteiger partial charge in [0.25, 0.3) is 0 Å². The van der Waals surface area contributed by atoms with E-state index in [1.807, 2.05) is 81.4 Å². The number of hydrogen-bond acceptors (Lipinski definition) is 8. The third-order valence-electron chi connectivity index (χ3n) is 8.07. The van der Waals surface area contributed by atoms with Crippen molar-refractivity contribution in [2.75, 3.05) is 59.0 Å². The smallest absolute Gasteiger partial charge is 0.234 e. The second-order valence-electron chi connectivity index (χ2n) is 11.4. The van der Waals surface area contributed by atoms with Gasteiger partial charge in [0.2, 0.25) is 5.91 Å². The number of carbonyl (C=O) groups excluding carboxylic acids is 2. The van der Waals surface area contributed by atoms with Crippen molar-refractivity contribution in [1.82, 2.24) is 4.98 Å². The van der Waals surface area contributed by atoms with E-state index in [1.54, 1.807) is 6.20 Å². The van der Waals surface area contributed by atoms with Crippen LogP contribution < -0.4 is 26.2 Å². The average Bonchev–Trinajstić information content (AvgIpc) is 3.17. The molecule has 0 spiro atoms. The lowest BCUT2D eigenvalue weighted by Crippen LogP contribution is -2.36. The molecule has 1 saturated heterocycles. The molecular formula is C33H36N6O3. The molecule has 1 fully saturated rings. The summed E-state index contributed by atoms with van der Waals surface area (Å²) in [5.41, 5.74) is 7.77. The van der Waals surface area contributed by atoms with E-state index < -0.39 is 5.41 Å². The van der Waals surface area contributed by atoms with E-state index in [9.17, 15) is 9.59 Å². The van der Waals surface area contributed by atoms with Crippen molar-refractivity contribution >= 4 is 40.1 Å². The number of fused-ring (bicyclic) bond motifs is 1. The van der Waals surface area contributed by atoms with E-state index in [1.165, 1.54) is 0 Å². The number of anilines is 5. The molecule has 2 aromatic carbocycles. The molecule has 3 aliphatic rings. The Morgan fingerprint density at radius 1 is 1.00 bits per heavy atom. The Morgan fingerprint density at radius 2 is 1.79 bits per heavy atom. The number of ether oxygens (including phenoxy) is 1. The van der Waals surface area contributed by atoms with Gasteiger partial charge in [0.05, 0.1) is 36.4 Å². The number of carbonyl (C=O) groups is 2. The Labute approximate surface area is 246 Å². The second-order valence-corrected chi connectivity index (χ2v) is 11.4. The molecule has 0 bridgehead atoms. The first kappa shape index (κ1) is 27.5. The van der Waals surface area contributed by atoms with Gasteiger partial charge in [-0.1, -0.05) is 6.07 Å². The Kier molecular flexibility index (Phi) is 7.43. The van der Waals surface area contributed by atoms with Crippen LogP contribution in [0.4, 0.5) is 28.4 Å².